The lowest BCUT2D eigenvalue weighted by Crippen LogP contribution is -1.71. The molecule has 0 nitrogen and oxygen atoms in total. The first-order valence-corrected chi connectivity index (χ1v) is 4.01. The van der Waals surface area contributed by atoms with Gasteiger partial charge in [0, 0.05) is 4.90 Å². The van der Waals surface area contributed by atoms with Gasteiger partial charge in [-0.3, -0.25) is 0 Å². The maximum atomic E-state index is 3.82. The van der Waals surface area contributed by atoms with Gasteiger partial charge in [0.2, 0.25) is 0 Å². The van der Waals surface area contributed by atoms with Gasteiger partial charge in [-0.25, -0.2) is 0 Å². The zero-order chi connectivity index (χ0) is 6.69. The molecule has 0 saturated carbocycles. The highest BCUT2D eigenvalue weighted by Crippen LogP contribution is 2.14. The predicted molar refractivity (Wildman–Crippen MR) is 42.7 cm³/mol. The summed E-state index contributed by atoms with van der Waals surface area (Å²) in [5.41, 5.74) is 1.09. The number of hydrogen-bond donors (Lipinski definition) is 0. The summed E-state index contributed by atoms with van der Waals surface area (Å²) >= 11 is 1.74. The van der Waals surface area contributed by atoms with Crippen molar-refractivity contribution < 1.29 is 0 Å². The summed E-state index contributed by atoms with van der Waals surface area (Å²) in [4.78, 5) is 1.28. The van der Waals surface area contributed by atoms with Gasteiger partial charge in [0.1, 0.15) is 0 Å². The van der Waals surface area contributed by atoms with Crippen molar-refractivity contribution in [1.29, 1.82) is 0 Å². The van der Waals surface area contributed by atoms with Crippen molar-refractivity contribution in [2.75, 3.05) is 6.26 Å². The molecule has 0 atom stereocenters. The Kier molecular flexibility index (Phi) is 2.17. The molecule has 0 aliphatic heterocycles. The molecule has 9 heavy (non-hydrogen) atoms. The normalized spacial score (nSPS) is 9.56. The van der Waals surface area contributed by atoms with E-state index in [4.69, 9.17) is 0 Å². The highest BCUT2D eigenvalue weighted by Gasteiger charge is 1.86. The summed E-state index contributed by atoms with van der Waals surface area (Å²) in [5.74, 6) is 0. The Labute approximate surface area is 60.3 Å². The molecule has 1 rings (SSSR count). The van der Waals surface area contributed by atoms with E-state index < -0.39 is 0 Å². The Morgan fingerprint density at radius 1 is 1.44 bits per heavy atom. The van der Waals surface area contributed by atoms with Crippen LogP contribution in [0.5, 0.6) is 0 Å². The smallest absolute Gasteiger partial charge is 0.00718 e. The van der Waals surface area contributed by atoms with E-state index in [9.17, 15) is 0 Å². The summed E-state index contributed by atoms with van der Waals surface area (Å²) in [6, 6.07) is 8.18. The predicted octanol–water partition coefficient (Wildman–Crippen LogP) is 2.59. The molecular formula is C8H9S. The molecule has 0 N–H and O–H groups in total. The molecule has 0 aliphatic rings. The van der Waals surface area contributed by atoms with E-state index in [1.807, 2.05) is 12.1 Å². The van der Waals surface area contributed by atoms with Gasteiger partial charge in [-0.05, 0) is 30.9 Å². The molecule has 0 amide bonds. The zero-order valence-electron chi connectivity index (χ0n) is 5.42. The SMILES string of the molecule is [CH2]c1cccc(SC)c1. The number of thioether (sulfide) groups is 1. The van der Waals surface area contributed by atoms with Crippen molar-refractivity contribution in [2.45, 2.75) is 4.90 Å². The summed E-state index contributed by atoms with van der Waals surface area (Å²) in [6.45, 7) is 3.82. The van der Waals surface area contributed by atoms with Gasteiger partial charge in [0.05, 0.1) is 0 Å². The average Bonchev–Trinajstić information content (AvgIpc) is 1.88. The maximum Gasteiger partial charge on any atom is 0.00718 e. The standard InChI is InChI=1S/C8H9S/c1-7-4-3-5-8(6-7)9-2/h3-6H,1H2,2H3. The number of rotatable bonds is 1. The van der Waals surface area contributed by atoms with Crippen LogP contribution in [0.3, 0.4) is 0 Å². The lowest BCUT2D eigenvalue weighted by atomic mass is 10.2. The molecule has 0 heterocycles. The van der Waals surface area contributed by atoms with Crippen molar-refractivity contribution in [3.05, 3.63) is 36.8 Å². The first-order chi connectivity index (χ1) is 4.33. The van der Waals surface area contributed by atoms with Gasteiger partial charge < -0.3 is 0 Å². The van der Waals surface area contributed by atoms with Crippen LogP contribution < -0.4 is 0 Å². The van der Waals surface area contributed by atoms with Crippen molar-refractivity contribution in [2.24, 2.45) is 0 Å². The third kappa shape index (κ3) is 1.75. The Hall–Kier alpha value is -0.430. The van der Waals surface area contributed by atoms with Crippen LogP contribution in [0, 0.1) is 6.92 Å². The van der Waals surface area contributed by atoms with E-state index in [0.717, 1.165) is 5.56 Å². The Balaban J connectivity index is 2.94. The van der Waals surface area contributed by atoms with Crippen molar-refractivity contribution in [1.82, 2.24) is 0 Å². The zero-order valence-corrected chi connectivity index (χ0v) is 6.24. The van der Waals surface area contributed by atoms with Gasteiger partial charge in [-0.2, -0.15) is 0 Å². The lowest BCUT2D eigenvalue weighted by Gasteiger charge is -1.94. The van der Waals surface area contributed by atoms with Gasteiger partial charge in [0.25, 0.3) is 0 Å². The first kappa shape index (κ1) is 6.69. The molecule has 0 bridgehead atoms. The van der Waals surface area contributed by atoms with Crippen LogP contribution in [0.15, 0.2) is 29.2 Å². The molecular weight excluding hydrogens is 128 g/mol. The van der Waals surface area contributed by atoms with Crippen molar-refractivity contribution in [3.8, 4) is 0 Å². The van der Waals surface area contributed by atoms with E-state index in [1.54, 1.807) is 11.8 Å². The largest absolute Gasteiger partial charge is 0.130 e. The van der Waals surface area contributed by atoms with Gasteiger partial charge in [-0.15, -0.1) is 11.8 Å². The minimum atomic E-state index is 1.09. The summed E-state index contributed by atoms with van der Waals surface area (Å²) < 4.78 is 0. The Morgan fingerprint density at radius 3 is 2.67 bits per heavy atom. The molecule has 1 radical (unpaired) electrons. The van der Waals surface area contributed by atoms with E-state index in [2.05, 4.69) is 25.3 Å². The number of hydrogen-bond acceptors (Lipinski definition) is 1. The average molecular weight is 137 g/mol. The molecule has 0 unspecified atom stereocenters. The lowest BCUT2D eigenvalue weighted by molar-refractivity contribution is 1.43. The highest BCUT2D eigenvalue weighted by molar-refractivity contribution is 7.98. The number of benzene rings is 1. The monoisotopic (exact) mass is 137 g/mol. The second-order valence-electron chi connectivity index (χ2n) is 1.85. The first-order valence-electron chi connectivity index (χ1n) is 2.79. The van der Waals surface area contributed by atoms with E-state index in [1.165, 1.54) is 4.90 Å². The minimum absolute atomic E-state index is 1.09. The molecule has 1 aromatic rings. The molecule has 1 aromatic carbocycles. The fraction of sp³-hybridized carbons (Fsp3) is 0.125. The second-order valence-corrected chi connectivity index (χ2v) is 2.73. The van der Waals surface area contributed by atoms with Crippen LogP contribution in [-0.2, 0) is 0 Å². The second kappa shape index (κ2) is 2.92. The van der Waals surface area contributed by atoms with Crippen LogP contribution in [0.25, 0.3) is 0 Å². The molecule has 0 spiro atoms. The van der Waals surface area contributed by atoms with E-state index in [-0.39, 0.29) is 0 Å². The molecule has 0 fully saturated rings. The molecule has 47 valence electrons. The Bertz CT molecular complexity index is 194. The third-order valence-corrected chi connectivity index (χ3v) is 1.86. The van der Waals surface area contributed by atoms with Crippen LogP contribution in [0.4, 0.5) is 0 Å². The van der Waals surface area contributed by atoms with Crippen molar-refractivity contribution >= 4 is 11.8 Å². The van der Waals surface area contributed by atoms with Gasteiger partial charge >= 0.3 is 0 Å². The van der Waals surface area contributed by atoms with Crippen LogP contribution in [0.2, 0.25) is 0 Å². The van der Waals surface area contributed by atoms with E-state index >= 15 is 0 Å². The maximum absolute atomic E-state index is 3.82. The third-order valence-electron chi connectivity index (χ3n) is 1.13. The molecule has 1 heteroatoms. The summed E-state index contributed by atoms with van der Waals surface area (Å²) in [6.07, 6.45) is 2.06. The van der Waals surface area contributed by atoms with Crippen LogP contribution in [-0.4, -0.2) is 6.26 Å². The summed E-state index contributed by atoms with van der Waals surface area (Å²) in [7, 11) is 0. The fourth-order valence-electron chi connectivity index (χ4n) is 0.672. The van der Waals surface area contributed by atoms with Crippen LogP contribution in [0.1, 0.15) is 5.56 Å². The molecule has 0 saturated heterocycles. The topological polar surface area (TPSA) is 0 Å². The molecule has 0 aliphatic carbocycles. The minimum Gasteiger partial charge on any atom is -0.130 e. The van der Waals surface area contributed by atoms with Crippen LogP contribution >= 0.6 is 11.8 Å². The van der Waals surface area contributed by atoms with E-state index in [0.29, 0.717) is 0 Å². The van der Waals surface area contributed by atoms with Gasteiger partial charge in [-0.1, -0.05) is 12.1 Å². The van der Waals surface area contributed by atoms with Crippen molar-refractivity contribution in [3.63, 3.8) is 0 Å². The Morgan fingerprint density at radius 2 is 2.22 bits per heavy atom. The van der Waals surface area contributed by atoms with Gasteiger partial charge in [0.15, 0.2) is 0 Å². The summed E-state index contributed by atoms with van der Waals surface area (Å²) in [5, 5.41) is 0. The fourth-order valence-corrected chi connectivity index (χ4v) is 1.16. The molecule has 0 aromatic heterocycles. The quantitative estimate of drug-likeness (QED) is 0.536. The highest BCUT2D eigenvalue weighted by atomic mass is 32.2.